The van der Waals surface area contributed by atoms with Crippen molar-refractivity contribution in [1.82, 2.24) is 25.6 Å². The lowest BCUT2D eigenvalue weighted by molar-refractivity contribution is -0.123. The Kier molecular flexibility index (Phi) is 7.24. The molecule has 0 aliphatic carbocycles. The monoisotopic (exact) mass is 350 g/mol. The Morgan fingerprint density at radius 2 is 1.96 bits per heavy atom. The third kappa shape index (κ3) is 6.04. The molecule has 1 aliphatic rings. The molecule has 1 aromatic rings. The van der Waals surface area contributed by atoms with Crippen molar-refractivity contribution < 1.29 is 9.32 Å². The summed E-state index contributed by atoms with van der Waals surface area (Å²) < 4.78 is 5.12. The van der Waals surface area contributed by atoms with E-state index in [0.29, 0.717) is 13.1 Å². The van der Waals surface area contributed by atoms with E-state index in [9.17, 15) is 4.79 Å². The van der Waals surface area contributed by atoms with Crippen molar-refractivity contribution in [2.24, 2.45) is 10.9 Å². The van der Waals surface area contributed by atoms with Crippen molar-refractivity contribution in [1.29, 1.82) is 0 Å². The smallest absolute Gasteiger partial charge is 0.222 e. The molecule has 8 nitrogen and oxygen atoms in total. The van der Waals surface area contributed by atoms with E-state index in [4.69, 9.17) is 4.52 Å². The van der Waals surface area contributed by atoms with Gasteiger partial charge < -0.3 is 20.1 Å². The molecular weight excluding hydrogens is 320 g/mol. The molecule has 0 spiro atoms. The first-order chi connectivity index (χ1) is 12.0. The molecule has 0 bridgehead atoms. The van der Waals surface area contributed by atoms with Crippen LogP contribution >= 0.6 is 0 Å². The second-order valence-corrected chi connectivity index (χ2v) is 6.61. The molecule has 25 heavy (non-hydrogen) atoms. The van der Waals surface area contributed by atoms with Crippen molar-refractivity contribution in [2.75, 3.05) is 46.3 Å². The molecule has 0 radical (unpaired) electrons. The lowest BCUT2D eigenvalue weighted by Gasteiger charge is -2.36. The summed E-state index contributed by atoms with van der Waals surface area (Å²) in [6.45, 7) is 11.5. The summed E-state index contributed by atoms with van der Waals surface area (Å²) in [6.07, 6.45) is 0. The van der Waals surface area contributed by atoms with E-state index in [0.717, 1.165) is 50.1 Å². The summed E-state index contributed by atoms with van der Waals surface area (Å²) in [5, 5.41) is 10.3. The maximum atomic E-state index is 11.5. The van der Waals surface area contributed by atoms with Crippen LogP contribution in [0.4, 0.5) is 0 Å². The fraction of sp³-hybridized carbons (Fsp3) is 0.706. The number of carbonyl (C=O) groups is 1. The zero-order chi connectivity index (χ0) is 18.2. The third-order valence-corrected chi connectivity index (χ3v) is 4.18. The Hall–Kier alpha value is -2.09. The molecule has 2 N–H and O–H groups in total. The Morgan fingerprint density at radius 1 is 1.28 bits per heavy atom. The SMILES string of the molecule is CN=C(NCCNC(=O)C(C)C)N1CCN(Cc2cc(C)on2)CC1. The average molecular weight is 350 g/mol. The van der Waals surface area contributed by atoms with Gasteiger partial charge in [0.25, 0.3) is 0 Å². The van der Waals surface area contributed by atoms with Crippen molar-refractivity contribution in [3.63, 3.8) is 0 Å². The van der Waals surface area contributed by atoms with Gasteiger partial charge in [-0.25, -0.2) is 0 Å². The van der Waals surface area contributed by atoms with Crippen LogP contribution in [0.1, 0.15) is 25.3 Å². The van der Waals surface area contributed by atoms with Gasteiger partial charge in [-0.3, -0.25) is 14.7 Å². The standard InChI is InChI=1S/C17H30N6O2/c1-13(2)16(24)19-5-6-20-17(18-4)23-9-7-22(8-10-23)12-15-11-14(3)25-21-15/h11,13H,5-10,12H2,1-4H3,(H,18,20)(H,19,24). The van der Waals surface area contributed by atoms with Crippen LogP contribution < -0.4 is 10.6 Å². The number of amides is 1. The number of carbonyl (C=O) groups excluding carboxylic acids is 1. The molecule has 140 valence electrons. The summed E-state index contributed by atoms with van der Waals surface area (Å²) in [6, 6.07) is 1.98. The summed E-state index contributed by atoms with van der Waals surface area (Å²) in [7, 11) is 1.79. The van der Waals surface area contributed by atoms with Crippen LogP contribution in [0.3, 0.4) is 0 Å². The number of piperazine rings is 1. The first kappa shape index (κ1) is 19.2. The Bertz CT molecular complexity index is 575. The topological polar surface area (TPSA) is 86.0 Å². The minimum atomic E-state index is 0.0147. The van der Waals surface area contributed by atoms with Gasteiger partial charge in [-0.05, 0) is 6.92 Å². The summed E-state index contributed by atoms with van der Waals surface area (Å²) in [4.78, 5) is 20.5. The van der Waals surface area contributed by atoms with Gasteiger partial charge >= 0.3 is 0 Å². The van der Waals surface area contributed by atoms with Crippen LogP contribution in [-0.2, 0) is 11.3 Å². The normalized spacial score (nSPS) is 16.4. The summed E-state index contributed by atoms with van der Waals surface area (Å²) in [5.74, 6) is 1.83. The molecule has 1 fully saturated rings. The largest absolute Gasteiger partial charge is 0.361 e. The van der Waals surface area contributed by atoms with Gasteiger partial charge in [0.2, 0.25) is 5.91 Å². The predicted octanol–water partition coefficient (Wildman–Crippen LogP) is 0.448. The molecule has 0 unspecified atom stereocenters. The summed E-state index contributed by atoms with van der Waals surface area (Å²) in [5.41, 5.74) is 0.981. The van der Waals surface area contributed by atoms with Crippen molar-refractivity contribution in [3.8, 4) is 0 Å². The molecule has 1 aliphatic heterocycles. The van der Waals surface area contributed by atoms with Gasteiger partial charge in [-0.15, -0.1) is 0 Å². The highest BCUT2D eigenvalue weighted by molar-refractivity contribution is 5.80. The molecule has 0 atom stereocenters. The minimum Gasteiger partial charge on any atom is -0.361 e. The lowest BCUT2D eigenvalue weighted by Crippen LogP contribution is -2.53. The zero-order valence-electron chi connectivity index (χ0n) is 15.7. The molecule has 1 aromatic heterocycles. The number of hydrogen-bond donors (Lipinski definition) is 2. The van der Waals surface area contributed by atoms with E-state index in [-0.39, 0.29) is 11.8 Å². The van der Waals surface area contributed by atoms with Crippen molar-refractivity contribution >= 4 is 11.9 Å². The zero-order valence-corrected chi connectivity index (χ0v) is 15.7. The van der Waals surface area contributed by atoms with Crippen LogP contribution in [0.5, 0.6) is 0 Å². The Labute approximate surface area is 149 Å². The number of nitrogens with one attached hydrogen (secondary N) is 2. The third-order valence-electron chi connectivity index (χ3n) is 4.18. The number of hydrogen-bond acceptors (Lipinski definition) is 5. The number of guanidine groups is 1. The molecule has 2 rings (SSSR count). The van der Waals surface area contributed by atoms with E-state index >= 15 is 0 Å². The van der Waals surface area contributed by atoms with Gasteiger partial charge in [0.15, 0.2) is 5.96 Å². The van der Waals surface area contributed by atoms with Gasteiger partial charge in [0.05, 0.1) is 5.69 Å². The number of aryl methyl sites for hydroxylation is 1. The maximum absolute atomic E-state index is 11.5. The Morgan fingerprint density at radius 3 is 2.52 bits per heavy atom. The van der Waals surface area contributed by atoms with Crippen LogP contribution in [0.25, 0.3) is 0 Å². The molecule has 0 saturated carbocycles. The van der Waals surface area contributed by atoms with E-state index in [2.05, 4.69) is 30.6 Å². The summed E-state index contributed by atoms with van der Waals surface area (Å²) >= 11 is 0. The van der Waals surface area contributed by atoms with E-state index in [1.807, 2.05) is 26.8 Å². The maximum Gasteiger partial charge on any atom is 0.222 e. The molecular formula is C17H30N6O2. The number of aromatic nitrogens is 1. The fourth-order valence-electron chi connectivity index (χ4n) is 2.74. The molecule has 1 saturated heterocycles. The lowest BCUT2D eigenvalue weighted by atomic mass is 10.2. The van der Waals surface area contributed by atoms with Gasteiger partial charge in [-0.1, -0.05) is 19.0 Å². The number of nitrogens with zero attached hydrogens (tertiary/aromatic N) is 4. The quantitative estimate of drug-likeness (QED) is 0.440. The highest BCUT2D eigenvalue weighted by Gasteiger charge is 2.20. The average Bonchev–Trinajstić information content (AvgIpc) is 3.00. The second kappa shape index (κ2) is 9.41. The molecule has 8 heteroatoms. The predicted molar refractivity (Wildman–Crippen MR) is 97.3 cm³/mol. The molecule has 2 heterocycles. The first-order valence-corrected chi connectivity index (χ1v) is 8.87. The van der Waals surface area contributed by atoms with Crippen LogP contribution in [0.15, 0.2) is 15.6 Å². The minimum absolute atomic E-state index is 0.0147. The van der Waals surface area contributed by atoms with E-state index in [1.54, 1.807) is 7.05 Å². The molecule has 0 aromatic carbocycles. The second-order valence-electron chi connectivity index (χ2n) is 6.61. The highest BCUT2D eigenvalue weighted by Crippen LogP contribution is 2.09. The van der Waals surface area contributed by atoms with Crippen LogP contribution in [0, 0.1) is 12.8 Å². The number of rotatable bonds is 6. The number of aliphatic imine (C=N–C) groups is 1. The van der Waals surface area contributed by atoms with E-state index < -0.39 is 0 Å². The van der Waals surface area contributed by atoms with Crippen LogP contribution in [-0.4, -0.2) is 73.1 Å². The van der Waals surface area contributed by atoms with E-state index in [1.165, 1.54) is 0 Å². The fourth-order valence-corrected chi connectivity index (χ4v) is 2.74. The Balaban J connectivity index is 1.69. The van der Waals surface area contributed by atoms with Gasteiger partial charge in [-0.2, -0.15) is 0 Å². The molecule has 1 amide bonds. The van der Waals surface area contributed by atoms with Gasteiger partial charge in [0.1, 0.15) is 5.76 Å². The first-order valence-electron chi connectivity index (χ1n) is 8.87. The highest BCUT2D eigenvalue weighted by atomic mass is 16.5. The van der Waals surface area contributed by atoms with Gasteiger partial charge in [0, 0.05) is 64.8 Å². The van der Waals surface area contributed by atoms with Crippen molar-refractivity contribution in [2.45, 2.75) is 27.3 Å². The van der Waals surface area contributed by atoms with Crippen molar-refractivity contribution in [3.05, 3.63) is 17.5 Å². The van der Waals surface area contributed by atoms with Crippen LogP contribution in [0.2, 0.25) is 0 Å².